The van der Waals surface area contributed by atoms with Crippen molar-refractivity contribution in [1.82, 2.24) is 15.0 Å². The second-order valence-corrected chi connectivity index (χ2v) is 8.54. The molecule has 4 aromatic rings. The van der Waals surface area contributed by atoms with Gasteiger partial charge in [-0.2, -0.15) is 4.80 Å². The van der Waals surface area contributed by atoms with E-state index in [1.165, 1.54) is 4.80 Å². The fourth-order valence-corrected chi connectivity index (χ4v) is 3.85. The number of methoxy groups -OCH3 is 1. The van der Waals surface area contributed by atoms with Crippen LogP contribution in [-0.2, 0) is 4.79 Å². The number of carbonyl (C=O) groups excluding carboxylic acids is 1. The van der Waals surface area contributed by atoms with Crippen LogP contribution in [0.1, 0.15) is 12.5 Å². The Morgan fingerprint density at radius 1 is 0.970 bits per heavy atom. The van der Waals surface area contributed by atoms with Gasteiger partial charge in [-0.1, -0.05) is 34.8 Å². The topological polar surface area (TPSA) is 78.3 Å². The van der Waals surface area contributed by atoms with Gasteiger partial charge < -0.3 is 14.8 Å². The Morgan fingerprint density at radius 3 is 2.30 bits per heavy atom. The first-order valence-electron chi connectivity index (χ1n) is 9.89. The third kappa shape index (κ3) is 5.00. The van der Waals surface area contributed by atoms with Crippen LogP contribution >= 0.6 is 34.8 Å². The minimum Gasteiger partial charge on any atom is -0.495 e. The Hall–Kier alpha value is -3.00. The monoisotopic (exact) mass is 504 g/mol. The van der Waals surface area contributed by atoms with E-state index in [0.717, 1.165) is 5.56 Å². The van der Waals surface area contributed by atoms with Gasteiger partial charge in [-0.15, -0.1) is 10.2 Å². The molecule has 1 atom stereocenters. The van der Waals surface area contributed by atoms with Crippen molar-refractivity contribution in [2.24, 2.45) is 0 Å². The molecule has 3 aromatic carbocycles. The number of hydrogen-bond acceptors (Lipinski definition) is 5. The summed E-state index contributed by atoms with van der Waals surface area (Å²) in [6, 6.07) is 13.7. The Balaban J connectivity index is 1.55. The number of nitrogens with one attached hydrogen (secondary N) is 1. The number of benzene rings is 3. The van der Waals surface area contributed by atoms with Crippen molar-refractivity contribution in [3.8, 4) is 17.2 Å². The second-order valence-electron chi connectivity index (χ2n) is 7.29. The summed E-state index contributed by atoms with van der Waals surface area (Å²) < 4.78 is 10.9. The molecule has 0 saturated heterocycles. The highest BCUT2D eigenvalue weighted by Gasteiger charge is 2.18. The number of fused-ring (bicyclic) bond motifs is 1. The number of carbonyl (C=O) groups is 1. The van der Waals surface area contributed by atoms with Crippen LogP contribution in [0.3, 0.4) is 0 Å². The maximum absolute atomic E-state index is 12.7. The second kappa shape index (κ2) is 9.47. The smallest absolute Gasteiger partial charge is 0.265 e. The molecule has 0 aliphatic rings. The fourth-order valence-electron chi connectivity index (χ4n) is 3.15. The Morgan fingerprint density at radius 2 is 1.64 bits per heavy atom. The summed E-state index contributed by atoms with van der Waals surface area (Å²) in [4.78, 5) is 14.2. The number of anilines is 1. The van der Waals surface area contributed by atoms with E-state index in [0.29, 0.717) is 49.0 Å². The molecule has 170 valence electrons. The number of halogens is 3. The highest BCUT2D eigenvalue weighted by Crippen LogP contribution is 2.29. The molecule has 0 fully saturated rings. The number of rotatable bonds is 6. The van der Waals surface area contributed by atoms with Crippen LogP contribution in [0, 0.1) is 6.92 Å². The number of amides is 1. The molecule has 4 rings (SSSR count). The lowest BCUT2D eigenvalue weighted by Gasteiger charge is -2.16. The lowest BCUT2D eigenvalue weighted by Crippen LogP contribution is -2.30. The van der Waals surface area contributed by atoms with Gasteiger partial charge in [-0.3, -0.25) is 4.79 Å². The first-order valence-corrected chi connectivity index (χ1v) is 11.0. The van der Waals surface area contributed by atoms with Crippen LogP contribution in [-0.4, -0.2) is 34.1 Å². The van der Waals surface area contributed by atoms with Gasteiger partial charge in [0.05, 0.1) is 22.8 Å². The maximum atomic E-state index is 12.7. The molecule has 0 bridgehead atoms. The van der Waals surface area contributed by atoms with Gasteiger partial charge >= 0.3 is 0 Å². The predicted octanol–water partition coefficient (Wildman–Crippen LogP) is 6.10. The van der Waals surface area contributed by atoms with Crippen molar-refractivity contribution in [1.29, 1.82) is 0 Å². The zero-order valence-corrected chi connectivity index (χ0v) is 20.2. The van der Waals surface area contributed by atoms with Crippen LogP contribution in [0.2, 0.25) is 15.1 Å². The van der Waals surface area contributed by atoms with Gasteiger partial charge in [0.2, 0.25) is 0 Å². The van der Waals surface area contributed by atoms with Crippen molar-refractivity contribution in [3.05, 3.63) is 69.2 Å². The molecule has 1 unspecified atom stereocenters. The van der Waals surface area contributed by atoms with E-state index in [4.69, 9.17) is 44.3 Å². The number of hydrogen-bond donors (Lipinski definition) is 1. The van der Waals surface area contributed by atoms with Crippen LogP contribution < -0.4 is 14.8 Å². The summed E-state index contributed by atoms with van der Waals surface area (Å²) in [5.74, 6) is 0.601. The van der Waals surface area contributed by atoms with E-state index in [1.807, 2.05) is 13.0 Å². The number of aromatic nitrogens is 3. The highest BCUT2D eigenvalue weighted by molar-refractivity contribution is 6.35. The van der Waals surface area contributed by atoms with E-state index in [2.05, 4.69) is 15.5 Å². The molecule has 1 heterocycles. The Labute approximate surface area is 205 Å². The first-order chi connectivity index (χ1) is 15.7. The van der Waals surface area contributed by atoms with Crippen LogP contribution in [0.15, 0.2) is 48.5 Å². The molecule has 10 heteroatoms. The van der Waals surface area contributed by atoms with Gasteiger partial charge in [0.1, 0.15) is 22.5 Å². The van der Waals surface area contributed by atoms with E-state index >= 15 is 0 Å². The molecular formula is C23H19Cl3N4O3. The quantitative estimate of drug-likeness (QED) is 0.342. The molecule has 0 saturated carbocycles. The van der Waals surface area contributed by atoms with Crippen molar-refractivity contribution < 1.29 is 14.3 Å². The largest absolute Gasteiger partial charge is 0.495 e. The summed E-state index contributed by atoms with van der Waals surface area (Å²) in [5, 5.41) is 13.2. The predicted molar refractivity (Wildman–Crippen MR) is 130 cm³/mol. The first kappa shape index (κ1) is 23.2. The SMILES string of the molecule is COc1ccc(-n2nc3cc(C)c(NC(=O)C(C)Oc4ccc(Cl)cc4Cl)cc3n2)cc1Cl. The van der Waals surface area contributed by atoms with Gasteiger partial charge in [-0.25, -0.2) is 0 Å². The molecule has 33 heavy (non-hydrogen) atoms. The number of aryl methyl sites for hydroxylation is 1. The van der Waals surface area contributed by atoms with Crippen LogP contribution in [0.25, 0.3) is 16.7 Å². The van der Waals surface area contributed by atoms with Crippen LogP contribution in [0.5, 0.6) is 11.5 Å². The van der Waals surface area contributed by atoms with Crippen molar-refractivity contribution in [3.63, 3.8) is 0 Å². The summed E-state index contributed by atoms with van der Waals surface area (Å²) in [5.41, 5.74) is 3.39. The average molecular weight is 506 g/mol. The van der Waals surface area contributed by atoms with Gasteiger partial charge in [-0.05, 0) is 67.9 Å². The molecule has 1 amide bonds. The maximum Gasteiger partial charge on any atom is 0.265 e. The van der Waals surface area contributed by atoms with Gasteiger partial charge in [0.15, 0.2) is 6.10 Å². The molecule has 1 aromatic heterocycles. The van der Waals surface area contributed by atoms with E-state index < -0.39 is 6.10 Å². The summed E-state index contributed by atoms with van der Waals surface area (Å²) >= 11 is 18.3. The molecule has 0 radical (unpaired) electrons. The third-order valence-electron chi connectivity index (χ3n) is 4.92. The Bertz CT molecular complexity index is 1360. The van der Waals surface area contributed by atoms with Crippen molar-refractivity contribution >= 4 is 57.4 Å². The third-order valence-corrected chi connectivity index (χ3v) is 5.74. The minimum atomic E-state index is -0.795. The summed E-state index contributed by atoms with van der Waals surface area (Å²) in [7, 11) is 1.55. The van der Waals surface area contributed by atoms with Gasteiger partial charge in [0.25, 0.3) is 5.91 Å². The fraction of sp³-hybridized carbons (Fsp3) is 0.174. The molecule has 0 aliphatic carbocycles. The molecule has 1 N–H and O–H groups in total. The zero-order chi connectivity index (χ0) is 23.7. The van der Waals surface area contributed by atoms with Crippen molar-refractivity contribution in [2.45, 2.75) is 20.0 Å². The van der Waals surface area contributed by atoms with Crippen LogP contribution in [0.4, 0.5) is 5.69 Å². The molecule has 7 nitrogen and oxygen atoms in total. The number of nitrogens with zero attached hydrogens (tertiary/aromatic N) is 3. The van der Waals surface area contributed by atoms with Gasteiger partial charge in [0, 0.05) is 10.7 Å². The van der Waals surface area contributed by atoms with E-state index in [-0.39, 0.29) is 5.91 Å². The van der Waals surface area contributed by atoms with Crippen molar-refractivity contribution in [2.75, 3.05) is 12.4 Å². The highest BCUT2D eigenvalue weighted by atomic mass is 35.5. The molecular weight excluding hydrogens is 487 g/mol. The minimum absolute atomic E-state index is 0.329. The Kier molecular flexibility index (Phi) is 6.65. The normalized spacial score (nSPS) is 11.9. The zero-order valence-electron chi connectivity index (χ0n) is 17.9. The van der Waals surface area contributed by atoms with E-state index in [1.54, 1.807) is 56.5 Å². The average Bonchev–Trinajstić information content (AvgIpc) is 3.18. The standard InChI is InChI=1S/C23H19Cl3N4O3/c1-12-8-19-20(29-30(28-19)15-5-7-21(32-3)17(26)10-15)11-18(12)27-23(31)13(2)33-22-6-4-14(24)9-16(22)25/h4-11,13H,1-3H3,(H,27,31). The summed E-state index contributed by atoms with van der Waals surface area (Å²) in [6.07, 6.45) is -0.795. The summed E-state index contributed by atoms with van der Waals surface area (Å²) in [6.45, 7) is 3.51. The van der Waals surface area contributed by atoms with E-state index in [9.17, 15) is 4.79 Å². The molecule has 0 spiro atoms. The lowest BCUT2D eigenvalue weighted by atomic mass is 10.1. The number of ether oxygens (including phenoxy) is 2. The molecule has 0 aliphatic heterocycles. The lowest BCUT2D eigenvalue weighted by molar-refractivity contribution is -0.122.